The Morgan fingerprint density at radius 1 is 0.830 bits per heavy atom. The predicted octanol–water partition coefficient (Wildman–Crippen LogP) is 8.01. The summed E-state index contributed by atoms with van der Waals surface area (Å²) in [5.74, 6) is 0.107. The van der Waals surface area contributed by atoms with Gasteiger partial charge < -0.3 is 15.0 Å². The van der Waals surface area contributed by atoms with Crippen LogP contribution >= 0.6 is 23.2 Å². The van der Waals surface area contributed by atoms with Gasteiger partial charge in [0, 0.05) is 27.7 Å². The number of nitrogens with one attached hydrogen (secondary N) is 1. The molecule has 0 fully saturated rings. The highest BCUT2D eigenvalue weighted by Gasteiger charge is 2.35. The standard InChI is InChI=1S/C36H39Cl2N3O5S/c1-6-33(35(43)39-36(3,4)5)40(23-30-31(37)13-10-14-32(30)38)34(42)24-41(47(44,45)29-21-15-25(2)16-22-29)26-17-19-28(20-18-26)46-27-11-8-7-9-12-27/h7-22,33H,6,23-24H2,1-5H3,(H,39,43). The number of benzene rings is 4. The third-order valence-electron chi connectivity index (χ3n) is 7.27. The van der Waals surface area contributed by atoms with Gasteiger partial charge in [0.25, 0.3) is 10.0 Å². The van der Waals surface area contributed by atoms with E-state index in [9.17, 15) is 18.0 Å². The van der Waals surface area contributed by atoms with Crippen LogP contribution in [0.2, 0.25) is 10.0 Å². The van der Waals surface area contributed by atoms with Crippen molar-refractivity contribution in [1.29, 1.82) is 0 Å². The first-order valence-corrected chi connectivity index (χ1v) is 17.4. The van der Waals surface area contributed by atoms with Gasteiger partial charge >= 0.3 is 0 Å². The first-order chi connectivity index (χ1) is 22.2. The molecule has 47 heavy (non-hydrogen) atoms. The molecule has 0 aliphatic rings. The van der Waals surface area contributed by atoms with Crippen LogP contribution in [0.4, 0.5) is 5.69 Å². The van der Waals surface area contributed by atoms with Crippen molar-refractivity contribution in [3.05, 3.63) is 118 Å². The normalized spacial score (nSPS) is 12.2. The van der Waals surface area contributed by atoms with Gasteiger partial charge in [0.15, 0.2) is 0 Å². The van der Waals surface area contributed by atoms with Gasteiger partial charge in [-0.05, 0) is 94.8 Å². The molecule has 0 aliphatic carbocycles. The van der Waals surface area contributed by atoms with E-state index in [2.05, 4.69) is 5.32 Å². The summed E-state index contributed by atoms with van der Waals surface area (Å²) in [4.78, 5) is 29.3. The number of amides is 2. The molecule has 0 bridgehead atoms. The molecule has 0 saturated heterocycles. The molecule has 1 atom stereocenters. The number of halogens is 2. The summed E-state index contributed by atoms with van der Waals surface area (Å²) < 4.78 is 35.4. The molecule has 0 saturated carbocycles. The molecule has 11 heteroatoms. The Balaban J connectivity index is 1.76. The maximum atomic E-state index is 14.4. The van der Waals surface area contributed by atoms with E-state index in [0.717, 1.165) is 9.87 Å². The molecule has 2 amide bonds. The van der Waals surface area contributed by atoms with Crippen LogP contribution in [0.5, 0.6) is 11.5 Å². The van der Waals surface area contributed by atoms with Crippen LogP contribution in [0.1, 0.15) is 45.2 Å². The lowest BCUT2D eigenvalue weighted by Crippen LogP contribution is -2.55. The van der Waals surface area contributed by atoms with Crippen LogP contribution in [0.15, 0.2) is 102 Å². The summed E-state index contributed by atoms with van der Waals surface area (Å²) in [6.45, 7) is 8.45. The van der Waals surface area contributed by atoms with E-state index >= 15 is 0 Å². The highest BCUT2D eigenvalue weighted by Crippen LogP contribution is 2.30. The third kappa shape index (κ3) is 9.28. The molecule has 4 aromatic rings. The van der Waals surface area contributed by atoms with Crippen molar-refractivity contribution >= 4 is 50.7 Å². The smallest absolute Gasteiger partial charge is 0.264 e. The Bertz CT molecular complexity index is 1770. The number of sulfonamides is 1. The SMILES string of the molecule is CCC(C(=O)NC(C)(C)C)N(Cc1c(Cl)cccc1Cl)C(=O)CN(c1ccc(Oc2ccccc2)cc1)S(=O)(=O)c1ccc(C)cc1. The average Bonchev–Trinajstić information content (AvgIpc) is 3.01. The van der Waals surface area contributed by atoms with Gasteiger partial charge in [-0.15, -0.1) is 0 Å². The van der Waals surface area contributed by atoms with Crippen LogP contribution < -0.4 is 14.4 Å². The number of hydrogen-bond donors (Lipinski definition) is 1. The van der Waals surface area contributed by atoms with Crippen LogP contribution in [-0.4, -0.2) is 43.3 Å². The number of rotatable bonds is 12. The lowest BCUT2D eigenvalue weighted by atomic mass is 10.1. The maximum absolute atomic E-state index is 14.4. The van der Waals surface area contributed by atoms with Gasteiger partial charge in [0.2, 0.25) is 11.8 Å². The number of para-hydroxylation sites is 1. The molecule has 248 valence electrons. The van der Waals surface area contributed by atoms with Crippen molar-refractivity contribution in [2.24, 2.45) is 0 Å². The second-order valence-corrected chi connectivity index (χ2v) is 14.8. The molecular weight excluding hydrogens is 657 g/mol. The highest BCUT2D eigenvalue weighted by molar-refractivity contribution is 7.92. The van der Waals surface area contributed by atoms with Gasteiger partial charge in [-0.2, -0.15) is 0 Å². The predicted molar refractivity (Wildman–Crippen MR) is 188 cm³/mol. The number of anilines is 1. The van der Waals surface area contributed by atoms with E-state index in [1.807, 2.05) is 45.9 Å². The van der Waals surface area contributed by atoms with Crippen molar-refractivity contribution < 1.29 is 22.7 Å². The number of ether oxygens (including phenoxy) is 1. The minimum absolute atomic E-state index is 0.0127. The molecule has 8 nitrogen and oxygen atoms in total. The topological polar surface area (TPSA) is 96.0 Å². The zero-order valence-electron chi connectivity index (χ0n) is 27.0. The summed E-state index contributed by atoms with van der Waals surface area (Å²) in [6, 6.07) is 26.0. The lowest BCUT2D eigenvalue weighted by Gasteiger charge is -2.35. The maximum Gasteiger partial charge on any atom is 0.264 e. The van der Waals surface area contributed by atoms with E-state index in [1.54, 1.807) is 73.7 Å². The lowest BCUT2D eigenvalue weighted by molar-refractivity contribution is -0.141. The fourth-order valence-electron chi connectivity index (χ4n) is 4.90. The van der Waals surface area contributed by atoms with Gasteiger partial charge in [0.05, 0.1) is 10.6 Å². The molecule has 0 aromatic heterocycles. The number of nitrogens with zero attached hydrogens (tertiary/aromatic N) is 2. The Hall–Kier alpha value is -4.05. The molecular formula is C36H39Cl2N3O5S. The Kier molecular flexibility index (Phi) is 11.6. The van der Waals surface area contributed by atoms with Crippen LogP contribution in [0.3, 0.4) is 0 Å². The molecule has 0 radical (unpaired) electrons. The summed E-state index contributed by atoms with van der Waals surface area (Å²) in [5, 5.41) is 3.59. The summed E-state index contributed by atoms with van der Waals surface area (Å²) >= 11 is 13.0. The van der Waals surface area contributed by atoms with Gasteiger partial charge in [0.1, 0.15) is 24.1 Å². The minimum Gasteiger partial charge on any atom is -0.457 e. The first-order valence-electron chi connectivity index (χ1n) is 15.2. The largest absolute Gasteiger partial charge is 0.457 e. The van der Waals surface area contributed by atoms with E-state index in [0.29, 0.717) is 27.1 Å². The molecule has 1 N–H and O–H groups in total. The minimum atomic E-state index is -4.25. The Morgan fingerprint density at radius 3 is 1.96 bits per heavy atom. The second-order valence-electron chi connectivity index (χ2n) is 12.1. The molecule has 0 heterocycles. The van der Waals surface area contributed by atoms with Gasteiger partial charge in [-0.25, -0.2) is 8.42 Å². The summed E-state index contributed by atoms with van der Waals surface area (Å²) in [7, 11) is -4.25. The molecule has 4 aromatic carbocycles. The number of carbonyl (C=O) groups is 2. The Morgan fingerprint density at radius 2 is 1.40 bits per heavy atom. The fourth-order valence-corrected chi connectivity index (χ4v) is 6.83. The zero-order valence-corrected chi connectivity index (χ0v) is 29.4. The van der Waals surface area contributed by atoms with Crippen molar-refractivity contribution in [3.63, 3.8) is 0 Å². The fraction of sp³-hybridized carbons (Fsp3) is 0.278. The summed E-state index contributed by atoms with van der Waals surface area (Å²) in [5.41, 5.74) is 0.988. The average molecular weight is 697 g/mol. The van der Waals surface area contributed by atoms with E-state index in [4.69, 9.17) is 27.9 Å². The van der Waals surface area contributed by atoms with E-state index in [-0.39, 0.29) is 29.5 Å². The van der Waals surface area contributed by atoms with Crippen molar-refractivity contribution in [2.75, 3.05) is 10.8 Å². The van der Waals surface area contributed by atoms with Crippen molar-refractivity contribution in [1.82, 2.24) is 10.2 Å². The van der Waals surface area contributed by atoms with Crippen LogP contribution in [0, 0.1) is 6.92 Å². The summed E-state index contributed by atoms with van der Waals surface area (Å²) in [6.07, 6.45) is 0.256. The van der Waals surface area contributed by atoms with E-state index < -0.39 is 34.1 Å². The molecule has 0 aliphatic heterocycles. The third-order valence-corrected chi connectivity index (χ3v) is 9.76. The molecule has 4 rings (SSSR count). The van der Waals surface area contributed by atoms with E-state index in [1.165, 1.54) is 17.0 Å². The second kappa shape index (κ2) is 15.2. The van der Waals surface area contributed by atoms with Gasteiger partial charge in [-0.1, -0.05) is 72.1 Å². The number of aryl methyl sites for hydroxylation is 1. The molecule has 1 unspecified atom stereocenters. The Labute approximate surface area is 287 Å². The highest BCUT2D eigenvalue weighted by atomic mass is 35.5. The number of hydrogen-bond acceptors (Lipinski definition) is 5. The first kappa shape index (κ1) is 35.8. The number of carbonyl (C=O) groups excluding carboxylic acids is 2. The van der Waals surface area contributed by atoms with Gasteiger partial charge in [-0.3, -0.25) is 13.9 Å². The van der Waals surface area contributed by atoms with Crippen LogP contribution in [-0.2, 0) is 26.2 Å². The monoisotopic (exact) mass is 695 g/mol. The van der Waals surface area contributed by atoms with Crippen molar-refractivity contribution in [3.8, 4) is 11.5 Å². The quantitative estimate of drug-likeness (QED) is 0.162. The zero-order chi connectivity index (χ0) is 34.4. The van der Waals surface area contributed by atoms with Crippen LogP contribution in [0.25, 0.3) is 0 Å². The van der Waals surface area contributed by atoms with Crippen molar-refractivity contribution in [2.45, 2.75) is 64.1 Å². The molecule has 0 spiro atoms.